The van der Waals surface area contributed by atoms with E-state index in [1.54, 1.807) is 0 Å². The van der Waals surface area contributed by atoms with Crippen LogP contribution < -0.4 is 0 Å². The minimum atomic E-state index is -0.161. The fraction of sp³-hybridized carbons (Fsp3) is 0.588. The van der Waals surface area contributed by atoms with Gasteiger partial charge in [-0.25, -0.2) is 4.39 Å². The number of carbonyl (C=O) groups excluding carboxylic acids is 1. The van der Waals surface area contributed by atoms with Crippen molar-refractivity contribution < 1.29 is 9.18 Å². The molecule has 0 bridgehead atoms. The van der Waals surface area contributed by atoms with Crippen molar-refractivity contribution in [2.75, 3.05) is 6.54 Å². The molecule has 0 spiro atoms. The van der Waals surface area contributed by atoms with Crippen molar-refractivity contribution in [3.05, 3.63) is 34.1 Å². The number of Topliss-reactive ketones (excluding diaryl/α,β-unsaturated/α-hetero) is 1. The van der Waals surface area contributed by atoms with Gasteiger partial charge in [0.05, 0.1) is 0 Å². The lowest BCUT2D eigenvalue weighted by Gasteiger charge is -2.38. The normalized spacial score (nSPS) is 27.2. The van der Waals surface area contributed by atoms with Crippen molar-refractivity contribution >= 4 is 21.7 Å². The van der Waals surface area contributed by atoms with E-state index in [9.17, 15) is 9.18 Å². The third-order valence-corrected chi connectivity index (χ3v) is 5.36. The minimum absolute atomic E-state index is 0.161. The van der Waals surface area contributed by atoms with E-state index in [4.69, 9.17) is 0 Å². The first-order valence-electron chi connectivity index (χ1n) is 7.86. The third-order valence-electron chi connectivity index (χ3n) is 4.87. The summed E-state index contributed by atoms with van der Waals surface area (Å²) in [4.78, 5) is 14.4. The molecule has 0 amide bonds. The number of hydrogen-bond acceptors (Lipinski definition) is 2. The van der Waals surface area contributed by atoms with Gasteiger partial charge in [0.15, 0.2) is 0 Å². The Kier molecular flexibility index (Phi) is 4.75. The summed E-state index contributed by atoms with van der Waals surface area (Å²) >= 11 is 3.30. The quantitative estimate of drug-likeness (QED) is 0.806. The standard InChI is InChI=1S/C17H21BrFNO/c18-13-8-7-12(15(19)10-13)11-20-9-2-1-5-16(20)14-4-3-6-17(14)21/h7-8,10,14,16H,1-6,9,11H2. The Labute approximate surface area is 133 Å². The Bertz CT molecular complexity index is 534. The molecule has 1 saturated carbocycles. The second-order valence-corrected chi connectivity index (χ2v) is 7.15. The number of ketones is 1. The molecule has 3 rings (SSSR count). The van der Waals surface area contributed by atoms with Crippen molar-refractivity contribution in [1.82, 2.24) is 4.90 Å². The van der Waals surface area contributed by atoms with E-state index in [-0.39, 0.29) is 11.7 Å². The summed E-state index contributed by atoms with van der Waals surface area (Å²) in [6.07, 6.45) is 6.20. The maximum Gasteiger partial charge on any atom is 0.137 e. The number of rotatable bonds is 3. The number of hydrogen-bond donors (Lipinski definition) is 0. The number of piperidine rings is 1. The fourth-order valence-electron chi connectivity index (χ4n) is 3.79. The fourth-order valence-corrected chi connectivity index (χ4v) is 4.12. The molecule has 2 atom stereocenters. The van der Waals surface area contributed by atoms with E-state index in [2.05, 4.69) is 20.8 Å². The van der Waals surface area contributed by atoms with Crippen LogP contribution in [0.1, 0.15) is 44.1 Å². The molecular weight excluding hydrogens is 333 g/mol. The van der Waals surface area contributed by atoms with Gasteiger partial charge >= 0.3 is 0 Å². The Morgan fingerprint density at radius 2 is 2.10 bits per heavy atom. The molecule has 1 heterocycles. The average molecular weight is 354 g/mol. The van der Waals surface area contributed by atoms with E-state index in [0.29, 0.717) is 18.4 Å². The molecule has 2 aliphatic rings. The predicted octanol–water partition coefficient (Wildman–Crippen LogP) is 4.31. The van der Waals surface area contributed by atoms with E-state index in [0.717, 1.165) is 48.7 Å². The lowest BCUT2D eigenvalue weighted by atomic mass is 9.88. The van der Waals surface area contributed by atoms with Crippen LogP contribution in [0.4, 0.5) is 4.39 Å². The molecule has 114 valence electrons. The summed E-state index contributed by atoms with van der Waals surface area (Å²) in [6, 6.07) is 5.58. The smallest absolute Gasteiger partial charge is 0.137 e. The average Bonchev–Trinajstić information content (AvgIpc) is 2.89. The molecule has 1 aliphatic carbocycles. The molecule has 21 heavy (non-hydrogen) atoms. The zero-order valence-corrected chi connectivity index (χ0v) is 13.7. The van der Waals surface area contributed by atoms with E-state index < -0.39 is 0 Å². The Balaban J connectivity index is 1.76. The summed E-state index contributed by atoms with van der Waals surface area (Å²) in [5, 5.41) is 0. The molecule has 1 aliphatic heterocycles. The molecule has 1 saturated heterocycles. The van der Waals surface area contributed by atoms with Crippen molar-refractivity contribution in [3.63, 3.8) is 0 Å². The molecule has 4 heteroatoms. The van der Waals surface area contributed by atoms with Crippen molar-refractivity contribution in [3.8, 4) is 0 Å². The van der Waals surface area contributed by atoms with Gasteiger partial charge in [-0.2, -0.15) is 0 Å². The second kappa shape index (κ2) is 6.57. The van der Waals surface area contributed by atoms with Crippen LogP contribution in [0, 0.1) is 11.7 Å². The van der Waals surface area contributed by atoms with Crippen LogP contribution in [0.3, 0.4) is 0 Å². The van der Waals surface area contributed by atoms with Gasteiger partial charge in [0, 0.05) is 35.0 Å². The highest BCUT2D eigenvalue weighted by Gasteiger charge is 2.36. The first-order valence-corrected chi connectivity index (χ1v) is 8.65. The molecule has 0 aromatic heterocycles. The van der Waals surface area contributed by atoms with Gasteiger partial charge in [-0.1, -0.05) is 28.4 Å². The maximum atomic E-state index is 14.1. The number of carbonyl (C=O) groups is 1. The summed E-state index contributed by atoms with van der Waals surface area (Å²) in [6.45, 7) is 1.59. The summed E-state index contributed by atoms with van der Waals surface area (Å²) in [7, 11) is 0. The third kappa shape index (κ3) is 3.37. The Morgan fingerprint density at radius 3 is 2.81 bits per heavy atom. The first kappa shape index (κ1) is 15.2. The molecule has 2 nitrogen and oxygen atoms in total. The van der Waals surface area contributed by atoms with Crippen LogP contribution in [-0.2, 0) is 11.3 Å². The first-order chi connectivity index (χ1) is 10.1. The molecule has 2 unspecified atom stereocenters. The SMILES string of the molecule is O=C1CCCC1C1CCCCN1Cc1ccc(Br)cc1F. The van der Waals surface area contributed by atoms with Gasteiger partial charge in [-0.15, -0.1) is 0 Å². The number of likely N-dealkylation sites (tertiary alicyclic amines) is 1. The van der Waals surface area contributed by atoms with Crippen molar-refractivity contribution in [2.45, 2.75) is 51.1 Å². The predicted molar refractivity (Wildman–Crippen MR) is 84.5 cm³/mol. The topological polar surface area (TPSA) is 20.3 Å². The van der Waals surface area contributed by atoms with Crippen LogP contribution >= 0.6 is 15.9 Å². The Hall–Kier alpha value is -0.740. The Morgan fingerprint density at radius 1 is 1.24 bits per heavy atom. The monoisotopic (exact) mass is 353 g/mol. The van der Waals surface area contributed by atoms with Crippen LogP contribution in [-0.4, -0.2) is 23.3 Å². The van der Waals surface area contributed by atoms with Crippen LogP contribution in [0.15, 0.2) is 22.7 Å². The highest BCUT2D eigenvalue weighted by atomic mass is 79.9. The summed E-state index contributed by atoms with van der Waals surface area (Å²) < 4.78 is 14.8. The molecule has 1 aromatic carbocycles. The van der Waals surface area contributed by atoms with Gasteiger partial charge < -0.3 is 0 Å². The van der Waals surface area contributed by atoms with Crippen LogP contribution in [0.2, 0.25) is 0 Å². The molecule has 0 radical (unpaired) electrons. The van der Waals surface area contributed by atoms with Crippen LogP contribution in [0.5, 0.6) is 0 Å². The van der Waals surface area contributed by atoms with Gasteiger partial charge in [0.25, 0.3) is 0 Å². The molecule has 0 N–H and O–H groups in total. The molecule has 1 aromatic rings. The zero-order chi connectivity index (χ0) is 14.8. The van der Waals surface area contributed by atoms with Crippen molar-refractivity contribution in [2.24, 2.45) is 5.92 Å². The van der Waals surface area contributed by atoms with Crippen LogP contribution in [0.25, 0.3) is 0 Å². The van der Waals surface area contributed by atoms with Crippen molar-refractivity contribution in [1.29, 1.82) is 0 Å². The molecule has 2 fully saturated rings. The second-order valence-electron chi connectivity index (χ2n) is 6.23. The van der Waals surface area contributed by atoms with Gasteiger partial charge in [0.1, 0.15) is 11.6 Å². The molecular formula is C17H21BrFNO. The summed E-state index contributed by atoms with van der Waals surface area (Å²) in [5.74, 6) is 0.443. The van der Waals surface area contributed by atoms with Gasteiger partial charge in [-0.05, 0) is 44.4 Å². The van der Waals surface area contributed by atoms with E-state index >= 15 is 0 Å². The minimum Gasteiger partial charge on any atom is -0.299 e. The lowest BCUT2D eigenvalue weighted by Crippen LogP contribution is -2.45. The van der Waals surface area contributed by atoms with Gasteiger partial charge in [0.2, 0.25) is 0 Å². The number of nitrogens with zero attached hydrogens (tertiary/aromatic N) is 1. The number of halogens is 2. The maximum absolute atomic E-state index is 14.1. The van der Waals surface area contributed by atoms with E-state index in [1.807, 2.05) is 12.1 Å². The van der Waals surface area contributed by atoms with E-state index in [1.165, 1.54) is 12.5 Å². The highest BCUT2D eigenvalue weighted by Crippen LogP contribution is 2.33. The lowest BCUT2D eigenvalue weighted by molar-refractivity contribution is -0.123. The van der Waals surface area contributed by atoms with Gasteiger partial charge in [-0.3, -0.25) is 9.69 Å². The number of benzene rings is 1. The largest absolute Gasteiger partial charge is 0.299 e. The summed E-state index contributed by atoms with van der Waals surface area (Å²) in [5.41, 5.74) is 0.732. The zero-order valence-electron chi connectivity index (χ0n) is 12.2. The highest BCUT2D eigenvalue weighted by molar-refractivity contribution is 9.10.